The number of amides is 1. The summed E-state index contributed by atoms with van der Waals surface area (Å²) in [6, 6.07) is 19.2. The standard InChI is InChI=1S/C56H85B4NO18P2/c1-12-33(3)43-49(80-59-57-66)36(6)45(72-37(7)62)51(75-43)77-47-48(73-38(8)63)52(76-44(34(4)13-2)50(47)81-60-58-67)74-42-35(5)29-56(53(64)68-11,79-46(42)41-32-71-55(9,10)78-41)70-28-22-16-21-27-61(30-39-23-17-14-18-24-39)54(65)69-31-40-25-19-15-20-26-40/h14-15,17-20,23-26,33-36,41-52,59-60,80-81H,12-13,16,21-22,27-32H2,1-11H3/t33-,34-,35?,36?,41+,42+,43?,44?,45?,46?,47?,48+,49-,50+,51+,52-,56+/m0/s1. The number of nitrogens with zero attached hydrogens (tertiary/aromatic N) is 1. The van der Waals surface area contributed by atoms with E-state index in [9.17, 15) is 28.6 Å². The van der Waals surface area contributed by atoms with E-state index in [1.807, 2.05) is 88.4 Å². The van der Waals surface area contributed by atoms with Crippen LogP contribution in [0.25, 0.3) is 0 Å². The molecule has 19 atom stereocenters. The van der Waals surface area contributed by atoms with Crippen molar-refractivity contribution in [3.05, 3.63) is 71.8 Å². The SMILES string of the molecule is CC[C@H](C)C1O[C@H](OC2[C@H](PBB=O)C([C@@H](C)CC)O[C@H](O[C@@H]3C(C)C[C@](OCCCCCN(Cc4ccccc4)C(=O)OCc4ccccc4)(C(=O)OC)OC3[C@H]3COC(C)(C)O3)[C@@H]2OC(C)=O)C(OC(C)=O)C(C)[C@@H]1PBB=O. The Labute approximate surface area is 484 Å². The number of rotatable bonds is 29. The molecule has 0 radical (unpaired) electrons. The zero-order valence-corrected chi connectivity index (χ0v) is 51.2. The average Bonchev–Trinajstić information content (AvgIpc) is 4.05. The molecule has 0 bridgehead atoms. The van der Waals surface area contributed by atoms with Crippen LogP contribution in [0.1, 0.15) is 119 Å². The third-order valence-electron chi connectivity index (χ3n) is 15.8. The Kier molecular flexibility index (Phi) is 26.5. The fourth-order valence-electron chi connectivity index (χ4n) is 11.3. The fourth-order valence-corrected chi connectivity index (χ4v) is 14.4. The molecule has 4 saturated heterocycles. The number of ether oxygens (including phenoxy) is 12. The van der Waals surface area contributed by atoms with E-state index in [4.69, 9.17) is 56.8 Å². The molecular formula is C56H85B4NO18P2. The third kappa shape index (κ3) is 18.3. The van der Waals surface area contributed by atoms with Gasteiger partial charge in [0.25, 0.3) is 0 Å². The van der Waals surface area contributed by atoms with Crippen LogP contribution >= 0.6 is 16.9 Å². The van der Waals surface area contributed by atoms with E-state index in [1.54, 1.807) is 18.7 Å². The van der Waals surface area contributed by atoms with E-state index in [0.717, 1.165) is 31.6 Å². The van der Waals surface area contributed by atoms with Crippen LogP contribution < -0.4 is 0 Å². The first kappa shape index (κ1) is 66.7. The number of unbranched alkanes of at least 4 members (excludes halogenated alkanes) is 2. The van der Waals surface area contributed by atoms with Gasteiger partial charge in [0, 0.05) is 13.1 Å². The van der Waals surface area contributed by atoms with Gasteiger partial charge in [0.1, 0.15) is 6.61 Å². The summed E-state index contributed by atoms with van der Waals surface area (Å²) in [6.07, 6.45) is -6.78. The fraction of sp³-hybridized carbons (Fsp3) is 0.714. The molecule has 0 aromatic heterocycles. The quantitative estimate of drug-likeness (QED) is 0.0263. The first-order chi connectivity index (χ1) is 38.8. The molecule has 2 aromatic rings. The minimum atomic E-state index is -1.92. The molecule has 4 aliphatic rings. The summed E-state index contributed by atoms with van der Waals surface area (Å²) in [7, 11) is 3.15. The molecule has 25 heteroatoms. The van der Waals surface area contributed by atoms with Crippen LogP contribution in [0.4, 0.5) is 4.79 Å². The van der Waals surface area contributed by atoms with Crippen molar-refractivity contribution in [3.63, 3.8) is 0 Å². The first-order valence-electron chi connectivity index (χ1n) is 28.8. The van der Waals surface area contributed by atoms with Crippen molar-refractivity contribution < 1.29 is 85.4 Å². The Morgan fingerprint density at radius 1 is 0.753 bits per heavy atom. The normalized spacial score (nSPS) is 31.8. The van der Waals surface area contributed by atoms with Crippen LogP contribution in [0.15, 0.2) is 60.7 Å². The molecule has 19 nitrogen and oxygen atoms in total. The Bertz CT molecular complexity index is 2320. The molecule has 0 aliphatic carbocycles. The second kappa shape index (κ2) is 32.1. The first-order valence-corrected chi connectivity index (χ1v) is 31.4. The second-order valence-corrected chi connectivity index (χ2v) is 25.3. The van der Waals surface area contributed by atoms with E-state index in [1.165, 1.54) is 21.0 Å². The second-order valence-electron chi connectivity index (χ2n) is 22.4. The summed E-state index contributed by atoms with van der Waals surface area (Å²) in [5.41, 5.74) is 1.18. The molecular weight excluding hydrogens is 1080 g/mol. The summed E-state index contributed by atoms with van der Waals surface area (Å²) >= 11 is 0. The van der Waals surface area contributed by atoms with Crippen LogP contribution in [0.3, 0.4) is 0 Å². The third-order valence-corrected chi connectivity index (χ3v) is 19.1. The Hall–Kier alpha value is -3.48. The minimum absolute atomic E-state index is 0.0262. The van der Waals surface area contributed by atoms with Gasteiger partial charge in [-0.05, 0) is 44.2 Å². The molecule has 9 unspecified atom stereocenters. The van der Waals surface area contributed by atoms with Gasteiger partial charge < -0.3 is 14.4 Å². The summed E-state index contributed by atoms with van der Waals surface area (Å²) in [4.78, 5) is 55.7. The monoisotopic (exact) mass is 1170 g/mol. The van der Waals surface area contributed by atoms with Crippen molar-refractivity contribution in [2.45, 2.75) is 205 Å². The Balaban J connectivity index is 1.27. The van der Waals surface area contributed by atoms with Crippen LogP contribution in [-0.4, -0.2) is 168 Å². The van der Waals surface area contributed by atoms with Crippen molar-refractivity contribution in [2.24, 2.45) is 23.7 Å². The van der Waals surface area contributed by atoms with Crippen molar-refractivity contribution in [3.8, 4) is 0 Å². The zero-order chi connectivity index (χ0) is 58.9. The molecule has 6 rings (SSSR count). The van der Waals surface area contributed by atoms with E-state index >= 15 is 0 Å². The van der Waals surface area contributed by atoms with Crippen LogP contribution in [0, 0.1) is 23.7 Å². The van der Waals surface area contributed by atoms with Gasteiger partial charge >= 0.3 is 324 Å². The molecule has 81 heavy (non-hydrogen) atoms. The molecule has 1 amide bonds. The predicted octanol–water partition coefficient (Wildman–Crippen LogP) is 7.00. The average molecular weight is 1170 g/mol. The van der Waals surface area contributed by atoms with Gasteiger partial charge in [-0.2, -0.15) is 0 Å². The van der Waals surface area contributed by atoms with E-state index in [0.29, 0.717) is 45.7 Å². The number of hydrogen-bond acceptors (Lipinski definition) is 18. The Morgan fingerprint density at radius 2 is 1.32 bits per heavy atom. The molecule has 4 aliphatic heterocycles. The molecule has 444 valence electrons. The van der Waals surface area contributed by atoms with E-state index in [2.05, 4.69) is 13.8 Å². The molecule has 0 N–H and O–H groups in total. The summed E-state index contributed by atoms with van der Waals surface area (Å²) in [5, 5.41) is 0. The van der Waals surface area contributed by atoms with Gasteiger partial charge in [0.2, 0.25) is 0 Å². The topological polar surface area (TPSA) is 216 Å². The van der Waals surface area contributed by atoms with Gasteiger partial charge in [-0.15, -0.1) is 0 Å². The zero-order valence-electron chi connectivity index (χ0n) is 49.2. The van der Waals surface area contributed by atoms with Crippen molar-refractivity contribution in [1.82, 2.24) is 4.90 Å². The molecule has 4 fully saturated rings. The number of benzene rings is 2. The van der Waals surface area contributed by atoms with E-state index in [-0.39, 0.29) is 79.6 Å². The van der Waals surface area contributed by atoms with Gasteiger partial charge in [-0.3, -0.25) is 0 Å². The number of carbonyl (C=O) groups excluding carboxylic acids is 4. The molecule has 0 spiro atoms. The molecule has 0 saturated carbocycles. The van der Waals surface area contributed by atoms with Gasteiger partial charge in [-0.1, -0.05) is 60.7 Å². The van der Waals surface area contributed by atoms with Crippen LogP contribution in [0.2, 0.25) is 0 Å². The Morgan fingerprint density at radius 3 is 1.89 bits per heavy atom. The summed E-state index contributed by atoms with van der Waals surface area (Å²) in [6.45, 7) is 19.8. The van der Waals surface area contributed by atoms with Gasteiger partial charge in [-0.25, -0.2) is 9.59 Å². The number of methoxy groups -OCH3 is 1. The van der Waals surface area contributed by atoms with Crippen molar-refractivity contribution in [2.75, 3.05) is 26.9 Å². The van der Waals surface area contributed by atoms with Crippen LogP contribution in [-0.2, 0) is 93.8 Å². The number of esters is 3. The number of carbonyl (C=O) groups is 4. The maximum atomic E-state index is 14.2. The van der Waals surface area contributed by atoms with Crippen LogP contribution in [0.5, 0.6) is 0 Å². The van der Waals surface area contributed by atoms with Crippen molar-refractivity contribution in [1.29, 1.82) is 0 Å². The van der Waals surface area contributed by atoms with Gasteiger partial charge in [0.05, 0.1) is 13.7 Å². The van der Waals surface area contributed by atoms with Gasteiger partial charge in [0.15, 0.2) is 0 Å². The maximum absolute atomic E-state index is 14.2. The summed E-state index contributed by atoms with van der Waals surface area (Å²) < 4.78 is 102. The van der Waals surface area contributed by atoms with Crippen molar-refractivity contribution >= 4 is 68.8 Å². The summed E-state index contributed by atoms with van der Waals surface area (Å²) in [5.74, 6) is -5.87. The predicted molar refractivity (Wildman–Crippen MR) is 309 cm³/mol. The molecule has 2 aromatic carbocycles. The molecule has 4 heterocycles. The number of hydrogen-bond donors (Lipinski definition) is 0. The van der Waals surface area contributed by atoms with E-state index < -0.39 is 102 Å².